The largest absolute Gasteiger partial charge is 0.353 e. The SMILES string of the molecule is O=C(N[C@H]1CCCC2(C1)OCCO2)C1CCN(C2CC2)CC1. The first-order chi connectivity index (χ1) is 10.7. The Morgan fingerprint density at radius 3 is 2.45 bits per heavy atom. The molecular formula is C17H28N2O3. The molecule has 0 aromatic heterocycles. The molecule has 1 amide bonds. The number of nitrogens with zero attached hydrogens (tertiary/aromatic N) is 1. The minimum atomic E-state index is -0.397. The average Bonchev–Trinajstić information content (AvgIpc) is 3.30. The van der Waals surface area contributed by atoms with Gasteiger partial charge in [-0.2, -0.15) is 0 Å². The highest BCUT2D eigenvalue weighted by molar-refractivity contribution is 5.79. The first-order valence-corrected chi connectivity index (χ1v) is 9.06. The van der Waals surface area contributed by atoms with Crippen molar-refractivity contribution in [1.82, 2.24) is 10.2 Å². The lowest BCUT2D eigenvalue weighted by atomic mass is 9.88. The van der Waals surface area contributed by atoms with Crippen LogP contribution in [0.3, 0.4) is 0 Å². The number of likely N-dealkylation sites (tertiary alicyclic amines) is 1. The molecular weight excluding hydrogens is 280 g/mol. The number of rotatable bonds is 3. The smallest absolute Gasteiger partial charge is 0.223 e. The maximum atomic E-state index is 12.6. The molecule has 1 N–H and O–H groups in total. The topological polar surface area (TPSA) is 50.8 Å². The van der Waals surface area contributed by atoms with Crippen molar-refractivity contribution >= 4 is 5.91 Å². The molecule has 2 aliphatic carbocycles. The summed E-state index contributed by atoms with van der Waals surface area (Å²) in [5.74, 6) is 0.0692. The van der Waals surface area contributed by atoms with Crippen molar-refractivity contribution in [2.75, 3.05) is 26.3 Å². The van der Waals surface area contributed by atoms with Gasteiger partial charge in [0.15, 0.2) is 5.79 Å². The maximum Gasteiger partial charge on any atom is 0.223 e. The van der Waals surface area contributed by atoms with Crippen LogP contribution in [0.1, 0.15) is 51.4 Å². The van der Waals surface area contributed by atoms with E-state index in [1.165, 1.54) is 12.8 Å². The van der Waals surface area contributed by atoms with E-state index in [2.05, 4.69) is 10.2 Å². The molecule has 4 aliphatic rings. The van der Waals surface area contributed by atoms with Crippen molar-refractivity contribution in [3.63, 3.8) is 0 Å². The highest BCUT2D eigenvalue weighted by Crippen LogP contribution is 2.36. The third-order valence-electron chi connectivity index (χ3n) is 5.79. The Kier molecular flexibility index (Phi) is 4.13. The molecule has 5 nitrogen and oxygen atoms in total. The van der Waals surface area contributed by atoms with Gasteiger partial charge in [0.05, 0.1) is 13.2 Å². The Hall–Kier alpha value is -0.650. The Morgan fingerprint density at radius 2 is 1.77 bits per heavy atom. The highest BCUT2D eigenvalue weighted by Gasteiger charge is 2.42. The predicted octanol–water partition coefficient (Wildman–Crippen LogP) is 1.66. The average molecular weight is 308 g/mol. The summed E-state index contributed by atoms with van der Waals surface area (Å²) in [5.41, 5.74) is 0. The van der Waals surface area contributed by atoms with E-state index in [1.807, 2.05) is 0 Å². The highest BCUT2D eigenvalue weighted by atomic mass is 16.7. The van der Waals surface area contributed by atoms with E-state index in [-0.39, 0.29) is 17.9 Å². The normalized spacial score (nSPS) is 33.2. The van der Waals surface area contributed by atoms with Crippen molar-refractivity contribution < 1.29 is 14.3 Å². The Labute approximate surface area is 132 Å². The van der Waals surface area contributed by atoms with Crippen molar-refractivity contribution in [2.45, 2.75) is 69.2 Å². The zero-order chi connectivity index (χ0) is 15.0. The van der Waals surface area contributed by atoms with Gasteiger partial charge in [-0.1, -0.05) is 0 Å². The number of hydrogen-bond donors (Lipinski definition) is 1. The standard InChI is InChI=1S/C17H28N2O3/c20-16(13-5-8-19(9-6-13)15-3-4-15)18-14-2-1-7-17(12-14)21-10-11-22-17/h13-15H,1-12H2,(H,18,20)/t14-/m0/s1. The molecule has 4 rings (SSSR count). The summed E-state index contributed by atoms with van der Waals surface area (Å²) >= 11 is 0. The molecule has 2 aliphatic heterocycles. The first-order valence-electron chi connectivity index (χ1n) is 9.06. The lowest BCUT2D eigenvalue weighted by Gasteiger charge is -2.37. The van der Waals surface area contributed by atoms with Gasteiger partial charge in [-0.3, -0.25) is 4.79 Å². The van der Waals surface area contributed by atoms with E-state index >= 15 is 0 Å². The molecule has 0 aromatic rings. The molecule has 22 heavy (non-hydrogen) atoms. The third kappa shape index (κ3) is 3.17. The first kappa shape index (κ1) is 14.9. The second-order valence-electron chi connectivity index (χ2n) is 7.45. The number of hydrogen-bond acceptors (Lipinski definition) is 4. The van der Waals surface area contributed by atoms with Gasteiger partial charge in [0.1, 0.15) is 0 Å². The van der Waals surface area contributed by atoms with Crippen LogP contribution in [-0.2, 0) is 14.3 Å². The number of piperidine rings is 1. The monoisotopic (exact) mass is 308 g/mol. The molecule has 124 valence electrons. The Balaban J connectivity index is 1.26. The molecule has 1 spiro atoms. The number of amides is 1. The fraction of sp³-hybridized carbons (Fsp3) is 0.941. The van der Waals surface area contributed by atoms with E-state index < -0.39 is 5.79 Å². The molecule has 0 aromatic carbocycles. The second-order valence-corrected chi connectivity index (χ2v) is 7.45. The van der Waals surface area contributed by atoms with E-state index in [4.69, 9.17) is 9.47 Å². The van der Waals surface area contributed by atoms with Crippen LogP contribution >= 0.6 is 0 Å². The van der Waals surface area contributed by atoms with Gasteiger partial charge < -0.3 is 19.7 Å². The van der Waals surface area contributed by atoms with Gasteiger partial charge in [0.2, 0.25) is 5.91 Å². The summed E-state index contributed by atoms with van der Waals surface area (Å²) in [6.45, 7) is 3.59. The van der Waals surface area contributed by atoms with Crippen LogP contribution in [0.4, 0.5) is 0 Å². The molecule has 2 heterocycles. The van der Waals surface area contributed by atoms with Crippen LogP contribution in [0.25, 0.3) is 0 Å². The number of nitrogens with one attached hydrogen (secondary N) is 1. The van der Waals surface area contributed by atoms with Gasteiger partial charge in [-0.15, -0.1) is 0 Å². The van der Waals surface area contributed by atoms with Crippen LogP contribution in [-0.4, -0.2) is 55.0 Å². The van der Waals surface area contributed by atoms with Gasteiger partial charge in [-0.25, -0.2) is 0 Å². The summed E-state index contributed by atoms with van der Waals surface area (Å²) in [6, 6.07) is 1.06. The van der Waals surface area contributed by atoms with Gasteiger partial charge >= 0.3 is 0 Å². The van der Waals surface area contributed by atoms with E-state index in [0.717, 1.165) is 57.7 Å². The summed E-state index contributed by atoms with van der Waals surface area (Å²) in [4.78, 5) is 15.1. The zero-order valence-corrected chi connectivity index (χ0v) is 13.4. The van der Waals surface area contributed by atoms with Crippen LogP contribution in [0.15, 0.2) is 0 Å². The second kappa shape index (κ2) is 6.10. The van der Waals surface area contributed by atoms with Crippen molar-refractivity contribution in [1.29, 1.82) is 0 Å². The zero-order valence-electron chi connectivity index (χ0n) is 13.4. The molecule has 2 saturated carbocycles. The molecule has 0 unspecified atom stereocenters. The van der Waals surface area contributed by atoms with E-state index in [1.54, 1.807) is 0 Å². The fourth-order valence-corrected chi connectivity index (χ4v) is 4.37. The molecule has 5 heteroatoms. The summed E-state index contributed by atoms with van der Waals surface area (Å²) in [5, 5.41) is 3.28. The fourth-order valence-electron chi connectivity index (χ4n) is 4.37. The molecule has 2 saturated heterocycles. The van der Waals surface area contributed by atoms with Crippen LogP contribution in [0, 0.1) is 5.92 Å². The van der Waals surface area contributed by atoms with Crippen molar-refractivity contribution in [3.05, 3.63) is 0 Å². The van der Waals surface area contributed by atoms with E-state index in [0.29, 0.717) is 13.2 Å². The van der Waals surface area contributed by atoms with Gasteiger partial charge in [0, 0.05) is 30.8 Å². The minimum Gasteiger partial charge on any atom is -0.353 e. The third-order valence-corrected chi connectivity index (χ3v) is 5.79. The van der Waals surface area contributed by atoms with Gasteiger partial charge in [-0.05, 0) is 51.6 Å². The Bertz CT molecular complexity index is 410. The molecule has 0 radical (unpaired) electrons. The van der Waals surface area contributed by atoms with Crippen molar-refractivity contribution in [2.24, 2.45) is 5.92 Å². The molecule has 4 fully saturated rings. The lowest BCUT2D eigenvalue weighted by Crippen LogP contribution is -2.49. The lowest BCUT2D eigenvalue weighted by molar-refractivity contribution is -0.182. The maximum absolute atomic E-state index is 12.6. The number of carbonyl (C=O) groups is 1. The van der Waals surface area contributed by atoms with E-state index in [9.17, 15) is 4.79 Å². The predicted molar refractivity (Wildman–Crippen MR) is 82.4 cm³/mol. The molecule has 0 bridgehead atoms. The number of ether oxygens (including phenoxy) is 2. The minimum absolute atomic E-state index is 0.207. The molecule has 1 atom stereocenters. The van der Waals surface area contributed by atoms with Crippen LogP contribution < -0.4 is 5.32 Å². The summed E-state index contributed by atoms with van der Waals surface area (Å²) in [6.07, 6.45) is 8.69. The number of carbonyl (C=O) groups excluding carboxylic acids is 1. The van der Waals surface area contributed by atoms with Crippen molar-refractivity contribution in [3.8, 4) is 0 Å². The summed E-state index contributed by atoms with van der Waals surface area (Å²) in [7, 11) is 0. The quantitative estimate of drug-likeness (QED) is 0.861. The van der Waals surface area contributed by atoms with Crippen LogP contribution in [0.2, 0.25) is 0 Å². The van der Waals surface area contributed by atoms with Gasteiger partial charge in [0.25, 0.3) is 0 Å². The summed E-state index contributed by atoms with van der Waals surface area (Å²) < 4.78 is 11.6. The Morgan fingerprint density at radius 1 is 1.05 bits per heavy atom. The van der Waals surface area contributed by atoms with Crippen LogP contribution in [0.5, 0.6) is 0 Å².